The summed E-state index contributed by atoms with van der Waals surface area (Å²) in [6.45, 7) is 2.22. The van der Waals surface area contributed by atoms with Crippen LogP contribution in [0.1, 0.15) is 29.9 Å². The fraction of sp³-hybridized carbons (Fsp3) is 0.435. The molecule has 0 bridgehead atoms. The van der Waals surface area contributed by atoms with E-state index in [0.29, 0.717) is 32.8 Å². The molecule has 0 aromatic heterocycles. The molecule has 0 saturated carbocycles. The number of likely N-dealkylation sites (tertiary alicyclic amines) is 1. The van der Waals surface area contributed by atoms with E-state index in [9.17, 15) is 9.90 Å². The zero-order valence-corrected chi connectivity index (χ0v) is 17.2. The molecule has 162 valence electrons. The molecular weight excluding hydrogens is 386 g/mol. The number of hydrogen-bond donors (Lipinski definition) is 2. The maximum absolute atomic E-state index is 11.0. The average Bonchev–Trinajstić information content (AvgIpc) is 2.76. The summed E-state index contributed by atoms with van der Waals surface area (Å²) in [5, 5.41) is 19.3. The van der Waals surface area contributed by atoms with Crippen molar-refractivity contribution < 1.29 is 29.2 Å². The molecule has 2 N–H and O–H groups in total. The number of piperidine rings is 1. The van der Waals surface area contributed by atoms with Crippen LogP contribution in [0.5, 0.6) is 11.5 Å². The summed E-state index contributed by atoms with van der Waals surface area (Å²) >= 11 is 0. The number of benzene rings is 2. The van der Waals surface area contributed by atoms with E-state index in [1.165, 1.54) is 4.90 Å². The van der Waals surface area contributed by atoms with E-state index in [1.54, 1.807) is 7.11 Å². The summed E-state index contributed by atoms with van der Waals surface area (Å²) in [6, 6.07) is 15.5. The normalized spacial score (nSPS) is 18.8. The number of methoxy groups -OCH3 is 1. The molecule has 1 aliphatic rings. The fourth-order valence-corrected chi connectivity index (χ4v) is 3.66. The second-order valence-electron chi connectivity index (χ2n) is 7.33. The molecule has 2 aromatic rings. The van der Waals surface area contributed by atoms with Gasteiger partial charge in [0.2, 0.25) is 0 Å². The minimum atomic E-state index is -0.983. The number of hydrogen-bond acceptors (Lipinski definition) is 5. The molecule has 3 rings (SSSR count). The van der Waals surface area contributed by atoms with Gasteiger partial charge in [-0.1, -0.05) is 30.3 Å². The van der Waals surface area contributed by atoms with E-state index in [2.05, 4.69) is 0 Å². The van der Waals surface area contributed by atoms with Crippen LogP contribution in [-0.4, -0.2) is 60.7 Å². The number of para-hydroxylation sites is 1. The second-order valence-corrected chi connectivity index (χ2v) is 7.33. The number of carboxylic acid groups (broad SMARTS) is 1. The third-order valence-electron chi connectivity index (χ3n) is 5.31. The third-order valence-corrected chi connectivity index (χ3v) is 5.31. The van der Waals surface area contributed by atoms with Gasteiger partial charge >= 0.3 is 6.09 Å². The van der Waals surface area contributed by atoms with Gasteiger partial charge in [-0.05, 0) is 30.2 Å². The number of amides is 1. The molecule has 2 unspecified atom stereocenters. The molecule has 1 amide bonds. The lowest BCUT2D eigenvalue weighted by Crippen LogP contribution is -2.45. The van der Waals surface area contributed by atoms with Crippen LogP contribution in [0.3, 0.4) is 0 Å². The van der Waals surface area contributed by atoms with Gasteiger partial charge in [0.25, 0.3) is 0 Å². The highest BCUT2D eigenvalue weighted by molar-refractivity contribution is 5.65. The van der Waals surface area contributed by atoms with Gasteiger partial charge in [0.05, 0.1) is 39.6 Å². The van der Waals surface area contributed by atoms with Crippen molar-refractivity contribution in [3.05, 3.63) is 59.7 Å². The first-order valence-electron chi connectivity index (χ1n) is 10.2. The summed E-state index contributed by atoms with van der Waals surface area (Å²) in [7, 11) is 1.65. The quantitative estimate of drug-likeness (QED) is 0.610. The summed E-state index contributed by atoms with van der Waals surface area (Å²) in [4.78, 5) is 12.3. The van der Waals surface area contributed by atoms with E-state index >= 15 is 0 Å². The molecule has 1 heterocycles. The number of aliphatic hydroxyl groups excluding tert-OH is 1. The van der Waals surface area contributed by atoms with Crippen molar-refractivity contribution in [1.29, 1.82) is 0 Å². The Bertz CT molecular complexity index is 810. The van der Waals surface area contributed by atoms with Crippen LogP contribution < -0.4 is 9.47 Å². The van der Waals surface area contributed by atoms with Gasteiger partial charge in [-0.3, -0.25) is 0 Å². The zero-order valence-electron chi connectivity index (χ0n) is 17.2. The Labute approximate surface area is 176 Å². The Hall–Kier alpha value is -2.77. The highest BCUT2D eigenvalue weighted by Crippen LogP contribution is 2.29. The largest absolute Gasteiger partial charge is 0.496 e. The van der Waals surface area contributed by atoms with Crippen LogP contribution in [0.4, 0.5) is 4.79 Å². The highest BCUT2D eigenvalue weighted by Gasteiger charge is 2.30. The fourth-order valence-electron chi connectivity index (χ4n) is 3.66. The number of nitrogens with zero attached hydrogens (tertiary/aromatic N) is 1. The molecule has 0 aliphatic carbocycles. The monoisotopic (exact) mass is 415 g/mol. The van der Waals surface area contributed by atoms with Crippen molar-refractivity contribution in [3.8, 4) is 11.5 Å². The first kappa shape index (κ1) is 21.9. The van der Waals surface area contributed by atoms with Gasteiger partial charge in [-0.2, -0.15) is 0 Å². The minimum absolute atomic E-state index is 0.0574. The van der Waals surface area contributed by atoms with Gasteiger partial charge in [0.15, 0.2) is 0 Å². The Morgan fingerprint density at radius 1 is 1.13 bits per heavy atom. The van der Waals surface area contributed by atoms with Crippen LogP contribution in [-0.2, 0) is 11.3 Å². The number of rotatable bonds is 9. The molecule has 1 aliphatic heterocycles. The van der Waals surface area contributed by atoms with Gasteiger partial charge < -0.3 is 29.3 Å². The zero-order chi connectivity index (χ0) is 21.3. The standard InChI is InChI=1S/C23H29NO6/c1-28-22-6-3-2-5-18(22)16-29-13-4-14-30-19-9-7-17(8-10-19)20-11-12-24(23(26)27)15-21(20)25/h2-3,5-10,20-21,25H,4,11-16H2,1H3,(H,26,27). The summed E-state index contributed by atoms with van der Waals surface area (Å²) < 4.78 is 16.8. The maximum Gasteiger partial charge on any atom is 0.407 e. The minimum Gasteiger partial charge on any atom is -0.496 e. The topological polar surface area (TPSA) is 88.5 Å². The van der Waals surface area contributed by atoms with Crippen LogP contribution >= 0.6 is 0 Å². The predicted octanol–water partition coefficient (Wildman–Crippen LogP) is 3.51. The lowest BCUT2D eigenvalue weighted by atomic mass is 9.87. The smallest absolute Gasteiger partial charge is 0.407 e. The van der Waals surface area contributed by atoms with Crippen LogP contribution in [0.15, 0.2) is 48.5 Å². The Morgan fingerprint density at radius 3 is 2.60 bits per heavy atom. The van der Waals surface area contributed by atoms with Crippen molar-refractivity contribution >= 4 is 6.09 Å². The van der Waals surface area contributed by atoms with Crippen LogP contribution in [0.25, 0.3) is 0 Å². The van der Waals surface area contributed by atoms with Crippen molar-refractivity contribution in [2.75, 3.05) is 33.4 Å². The van der Waals surface area contributed by atoms with Crippen LogP contribution in [0, 0.1) is 0 Å². The van der Waals surface area contributed by atoms with Gasteiger partial charge in [0, 0.05) is 24.4 Å². The lowest BCUT2D eigenvalue weighted by molar-refractivity contribution is 0.0504. The van der Waals surface area contributed by atoms with E-state index < -0.39 is 12.2 Å². The predicted molar refractivity (Wildman–Crippen MR) is 112 cm³/mol. The highest BCUT2D eigenvalue weighted by atomic mass is 16.5. The van der Waals surface area contributed by atoms with E-state index in [0.717, 1.165) is 29.0 Å². The van der Waals surface area contributed by atoms with E-state index in [1.807, 2.05) is 48.5 Å². The van der Waals surface area contributed by atoms with Crippen molar-refractivity contribution in [2.24, 2.45) is 0 Å². The van der Waals surface area contributed by atoms with Crippen LogP contribution in [0.2, 0.25) is 0 Å². The maximum atomic E-state index is 11.0. The van der Waals surface area contributed by atoms with Gasteiger partial charge in [-0.15, -0.1) is 0 Å². The molecule has 7 heteroatoms. The van der Waals surface area contributed by atoms with Gasteiger partial charge in [0.1, 0.15) is 11.5 Å². The van der Waals surface area contributed by atoms with Crippen molar-refractivity contribution in [2.45, 2.75) is 31.5 Å². The average molecular weight is 415 g/mol. The van der Waals surface area contributed by atoms with E-state index in [4.69, 9.17) is 19.3 Å². The molecule has 0 radical (unpaired) electrons. The lowest BCUT2D eigenvalue weighted by Gasteiger charge is -2.34. The number of ether oxygens (including phenoxy) is 3. The molecular formula is C23H29NO6. The molecule has 7 nitrogen and oxygen atoms in total. The second kappa shape index (κ2) is 10.8. The number of carbonyl (C=O) groups is 1. The van der Waals surface area contributed by atoms with E-state index in [-0.39, 0.29) is 12.5 Å². The molecule has 1 saturated heterocycles. The summed E-state index contributed by atoms with van der Waals surface area (Å²) in [6.07, 6.45) is -0.300. The first-order chi connectivity index (χ1) is 14.6. The third kappa shape index (κ3) is 5.87. The first-order valence-corrected chi connectivity index (χ1v) is 10.2. The SMILES string of the molecule is COc1ccccc1COCCCOc1ccc(C2CCN(C(=O)O)CC2O)cc1. The molecule has 2 atom stereocenters. The molecule has 0 spiro atoms. The number of aliphatic hydroxyl groups is 1. The molecule has 2 aromatic carbocycles. The summed E-state index contributed by atoms with van der Waals surface area (Å²) in [5.74, 6) is 1.53. The van der Waals surface area contributed by atoms with Gasteiger partial charge in [-0.25, -0.2) is 4.79 Å². The Balaban J connectivity index is 1.37. The summed E-state index contributed by atoms with van der Waals surface area (Å²) in [5.41, 5.74) is 2.02. The molecule has 30 heavy (non-hydrogen) atoms. The van der Waals surface area contributed by atoms with Crippen molar-refractivity contribution in [3.63, 3.8) is 0 Å². The van der Waals surface area contributed by atoms with Crippen molar-refractivity contribution in [1.82, 2.24) is 4.90 Å². The molecule has 1 fully saturated rings. The number of β-amino-alcohol motifs (C(OH)–C–C–N with tert-alkyl or cyclic N) is 1. The Kier molecular flexibility index (Phi) is 7.93. The Morgan fingerprint density at radius 2 is 1.90 bits per heavy atom.